The number of aromatic nitrogens is 2. The second-order valence-corrected chi connectivity index (χ2v) is 5.93. The molecule has 159 valence electrons. The van der Waals surface area contributed by atoms with E-state index in [1.54, 1.807) is 6.20 Å². The summed E-state index contributed by atoms with van der Waals surface area (Å²) >= 11 is 0. The molecule has 9 heteroatoms. The molecular weight excluding hydrogens is 586 g/mol. The Morgan fingerprint density at radius 2 is 1.27 bits per heavy atom. The Hall–Kier alpha value is -2.51. The maximum absolute atomic E-state index is 13.2. The zero-order valence-electron chi connectivity index (χ0n) is 14.9. The van der Waals surface area contributed by atoms with Gasteiger partial charge >= 0.3 is 11.8 Å². The third-order valence-electron chi connectivity index (χ3n) is 3.96. The molecule has 3 aromatic rings. The number of allylic oxidation sites excluding steroid dienone is 2. The molecule has 0 amide bonds. The summed E-state index contributed by atoms with van der Waals surface area (Å²) in [5.41, 5.74) is -0.210. The van der Waals surface area contributed by atoms with E-state index in [2.05, 4.69) is 16.0 Å². The van der Waals surface area contributed by atoms with Gasteiger partial charge in [0.15, 0.2) is 0 Å². The first kappa shape index (κ1) is 23.8. The topological polar surface area (TPSA) is 25.8 Å². The quantitative estimate of drug-likeness (QED) is 0.278. The van der Waals surface area contributed by atoms with Crippen LogP contribution in [0, 0.1) is 12.1 Å². The van der Waals surface area contributed by atoms with E-state index in [1.165, 1.54) is 12.1 Å². The maximum atomic E-state index is 13.2. The van der Waals surface area contributed by atoms with Crippen LogP contribution < -0.4 is 0 Å². The minimum Gasteiger partial charge on any atom is -0.351 e. The Balaban J connectivity index is 0.000000218. The maximum Gasteiger partial charge on any atom is 0.360 e. The second-order valence-electron chi connectivity index (χ2n) is 5.93. The van der Waals surface area contributed by atoms with E-state index in [9.17, 15) is 26.3 Å². The molecule has 0 spiro atoms. The number of nitrogens with zero attached hydrogens (tertiary/aromatic N) is 2. The fourth-order valence-electron chi connectivity index (χ4n) is 2.48. The van der Waals surface area contributed by atoms with Gasteiger partial charge in [-0.05, 0) is 17.8 Å². The normalized spacial score (nSPS) is 17.7. The third-order valence-corrected chi connectivity index (χ3v) is 3.96. The molecule has 2 aromatic heterocycles. The van der Waals surface area contributed by atoms with Crippen LogP contribution in [0.1, 0.15) is 5.69 Å². The minimum absolute atomic E-state index is 0. The molecule has 0 unspecified atom stereocenters. The van der Waals surface area contributed by atoms with E-state index in [0.717, 1.165) is 29.6 Å². The number of hydrogen-bond acceptors (Lipinski definition) is 2. The van der Waals surface area contributed by atoms with Gasteiger partial charge in [0.2, 0.25) is 0 Å². The van der Waals surface area contributed by atoms with Crippen LogP contribution in [-0.4, -0.2) is 27.7 Å². The Kier molecular flexibility index (Phi) is 7.21. The van der Waals surface area contributed by atoms with Crippen LogP contribution in [0.15, 0.2) is 73.1 Å². The van der Waals surface area contributed by atoms with E-state index in [4.69, 9.17) is 0 Å². The first-order valence-electron chi connectivity index (χ1n) is 8.25. The van der Waals surface area contributed by atoms with Crippen LogP contribution >= 0.6 is 0 Å². The molecule has 4 rings (SSSR count). The molecule has 1 aromatic carbocycles. The summed E-state index contributed by atoms with van der Waals surface area (Å²) in [5, 5.41) is 0. The Labute approximate surface area is 182 Å². The van der Waals surface area contributed by atoms with Crippen molar-refractivity contribution in [1.82, 2.24) is 9.97 Å². The number of hydrogen-bond donors (Lipinski definition) is 0. The van der Waals surface area contributed by atoms with Gasteiger partial charge in [-0.15, -0.1) is 47.5 Å². The van der Waals surface area contributed by atoms with E-state index < -0.39 is 29.0 Å². The number of halogens is 6. The summed E-state index contributed by atoms with van der Waals surface area (Å²) in [6.45, 7) is 0. The van der Waals surface area contributed by atoms with Crippen molar-refractivity contribution in [3.63, 3.8) is 0 Å². The zero-order valence-corrected chi connectivity index (χ0v) is 17.3. The molecule has 30 heavy (non-hydrogen) atoms. The van der Waals surface area contributed by atoms with E-state index in [1.807, 2.05) is 42.5 Å². The predicted molar refractivity (Wildman–Crippen MR) is 94.2 cm³/mol. The van der Waals surface area contributed by atoms with Gasteiger partial charge in [0.1, 0.15) is 0 Å². The number of benzene rings is 1. The first-order chi connectivity index (χ1) is 13.7. The Morgan fingerprint density at radius 3 is 1.70 bits per heavy atom. The molecule has 0 saturated heterocycles. The number of pyridine rings is 2. The molecule has 2 nitrogen and oxygen atoms in total. The smallest absolute Gasteiger partial charge is 0.351 e. The van der Waals surface area contributed by atoms with Crippen molar-refractivity contribution in [3.8, 4) is 11.3 Å². The van der Waals surface area contributed by atoms with Crippen LogP contribution in [0.4, 0.5) is 26.3 Å². The van der Waals surface area contributed by atoms with Crippen molar-refractivity contribution >= 4 is 5.57 Å². The molecule has 0 N–H and O–H groups in total. The van der Waals surface area contributed by atoms with Crippen LogP contribution in [-0.2, 0) is 20.1 Å². The second kappa shape index (κ2) is 9.10. The van der Waals surface area contributed by atoms with Gasteiger partial charge in [-0.3, -0.25) is 0 Å². The van der Waals surface area contributed by atoms with Crippen molar-refractivity contribution in [2.24, 2.45) is 0 Å². The first-order valence-corrected chi connectivity index (χ1v) is 8.25. The van der Waals surface area contributed by atoms with Gasteiger partial charge in [0, 0.05) is 32.5 Å². The van der Waals surface area contributed by atoms with Crippen LogP contribution in [0.25, 0.3) is 16.8 Å². The van der Waals surface area contributed by atoms with Gasteiger partial charge in [0.05, 0.1) is 0 Å². The monoisotopic (exact) mass is 599 g/mol. The molecule has 2 heterocycles. The van der Waals surface area contributed by atoms with Gasteiger partial charge in [-0.1, -0.05) is 23.9 Å². The van der Waals surface area contributed by atoms with E-state index >= 15 is 0 Å². The van der Waals surface area contributed by atoms with Crippen LogP contribution in [0.3, 0.4) is 0 Å². The molecule has 0 atom stereocenters. The zero-order chi connectivity index (χ0) is 21.1. The van der Waals surface area contributed by atoms with Crippen molar-refractivity contribution < 1.29 is 46.4 Å². The minimum atomic E-state index is -5.49. The number of alkyl halides is 6. The van der Waals surface area contributed by atoms with E-state index in [-0.39, 0.29) is 20.1 Å². The van der Waals surface area contributed by atoms with Crippen molar-refractivity contribution in [2.45, 2.75) is 17.8 Å². The average Bonchev–Trinajstić information content (AvgIpc) is 2.86. The van der Waals surface area contributed by atoms with Gasteiger partial charge < -0.3 is 9.97 Å². The Bertz CT molecular complexity index is 943. The molecular formula is C21H12F6IrN2-2. The summed E-state index contributed by atoms with van der Waals surface area (Å²) in [6.07, 6.45) is 3.67. The summed E-state index contributed by atoms with van der Waals surface area (Å²) in [6, 6.07) is 20.3. The fraction of sp³-hybridized carbons (Fsp3) is 0.143. The van der Waals surface area contributed by atoms with Crippen molar-refractivity contribution in [1.29, 1.82) is 0 Å². The molecule has 1 aliphatic carbocycles. The SMILES string of the molecule is FC1(F)[C-]=C(c2ccccn2)C(F)(F)C1(F)F.[Ir].[c-]1ccccc1-c1ccccn1. The van der Waals surface area contributed by atoms with Crippen molar-refractivity contribution in [2.75, 3.05) is 0 Å². The average molecular weight is 599 g/mol. The van der Waals surface area contributed by atoms with Gasteiger partial charge in [-0.2, -0.15) is 23.6 Å². The summed E-state index contributed by atoms with van der Waals surface area (Å²) in [4.78, 5) is 7.56. The van der Waals surface area contributed by atoms with Gasteiger partial charge in [0.25, 0.3) is 5.92 Å². The summed E-state index contributed by atoms with van der Waals surface area (Å²) in [5.74, 6) is -15.5. The summed E-state index contributed by atoms with van der Waals surface area (Å²) < 4.78 is 77.6. The molecule has 0 fully saturated rings. The molecule has 0 aliphatic heterocycles. The third kappa shape index (κ3) is 4.47. The van der Waals surface area contributed by atoms with Crippen LogP contribution in [0.5, 0.6) is 0 Å². The van der Waals surface area contributed by atoms with Crippen LogP contribution in [0.2, 0.25) is 0 Å². The number of rotatable bonds is 2. The standard InChI is InChI=1S/C11H8N.C10H4F6N.Ir/c1-2-6-10(7-3-1)11-8-4-5-9-12-11;11-8(12)5-6(7-3-1-2-4-17-7)9(13,14)10(8,15)16;/h1-6,8-9H;1-4H;/q2*-1;. The molecule has 0 bridgehead atoms. The largest absolute Gasteiger partial charge is 0.360 e. The molecule has 0 saturated carbocycles. The van der Waals surface area contributed by atoms with E-state index in [0.29, 0.717) is 0 Å². The fourth-order valence-corrected chi connectivity index (χ4v) is 2.48. The Morgan fingerprint density at radius 1 is 0.700 bits per heavy atom. The molecule has 1 radical (unpaired) electrons. The summed E-state index contributed by atoms with van der Waals surface area (Å²) in [7, 11) is 0. The molecule has 1 aliphatic rings. The van der Waals surface area contributed by atoms with Gasteiger partial charge in [-0.25, -0.2) is 8.78 Å². The predicted octanol–water partition coefficient (Wildman–Crippen LogP) is 5.73. The van der Waals surface area contributed by atoms with Crippen molar-refractivity contribution in [3.05, 3.63) is 90.9 Å².